The molecule has 0 spiro atoms. The van der Waals surface area contributed by atoms with Crippen LogP contribution in [0.25, 0.3) is 22.8 Å². The van der Waals surface area contributed by atoms with E-state index in [0.717, 1.165) is 29.8 Å². The fraction of sp³-hybridized carbons (Fsp3) is 0.333. The van der Waals surface area contributed by atoms with Crippen LogP contribution in [-0.4, -0.2) is 44.4 Å². The van der Waals surface area contributed by atoms with Crippen molar-refractivity contribution >= 4 is 11.6 Å². The smallest absolute Gasteiger partial charge is 0.244 e. The molecule has 2 heterocycles. The maximum absolute atomic E-state index is 13.8. The SMILES string of the molecule is CC(C)=NC1=C(C)CCN(C(=O)Cn2nc(-c3ccc(F)c(C)c3)nc2-c2ccccc2)CC1. The van der Waals surface area contributed by atoms with Crippen molar-refractivity contribution in [2.24, 2.45) is 4.99 Å². The zero-order chi connectivity index (χ0) is 24.2. The average molecular weight is 460 g/mol. The van der Waals surface area contributed by atoms with Gasteiger partial charge in [0.15, 0.2) is 11.6 Å². The number of aryl methyl sites for hydroxylation is 1. The van der Waals surface area contributed by atoms with Gasteiger partial charge in [-0.25, -0.2) is 14.1 Å². The minimum Gasteiger partial charge on any atom is -0.340 e. The lowest BCUT2D eigenvalue weighted by Gasteiger charge is -2.20. The van der Waals surface area contributed by atoms with E-state index < -0.39 is 0 Å². The van der Waals surface area contributed by atoms with Crippen LogP contribution in [0.1, 0.15) is 39.2 Å². The number of hydrogen-bond acceptors (Lipinski definition) is 4. The first-order chi connectivity index (χ1) is 16.3. The molecule has 34 heavy (non-hydrogen) atoms. The monoisotopic (exact) mass is 459 g/mol. The third kappa shape index (κ3) is 5.30. The van der Waals surface area contributed by atoms with Crippen LogP contribution < -0.4 is 0 Å². The largest absolute Gasteiger partial charge is 0.340 e. The maximum Gasteiger partial charge on any atom is 0.244 e. The Labute approximate surface area is 199 Å². The lowest BCUT2D eigenvalue weighted by Crippen LogP contribution is -2.35. The van der Waals surface area contributed by atoms with Crippen LogP contribution in [0.3, 0.4) is 0 Å². The Morgan fingerprint density at radius 1 is 1.03 bits per heavy atom. The van der Waals surface area contributed by atoms with Crippen molar-refractivity contribution in [3.8, 4) is 22.8 Å². The Kier molecular flexibility index (Phi) is 7.01. The van der Waals surface area contributed by atoms with Crippen molar-refractivity contribution in [3.05, 3.63) is 71.2 Å². The van der Waals surface area contributed by atoms with Gasteiger partial charge in [-0.15, -0.1) is 5.10 Å². The molecule has 6 nitrogen and oxygen atoms in total. The Morgan fingerprint density at radius 3 is 2.47 bits per heavy atom. The second-order valence-electron chi connectivity index (χ2n) is 8.91. The van der Waals surface area contributed by atoms with Gasteiger partial charge in [-0.2, -0.15) is 0 Å². The number of halogens is 1. The zero-order valence-electron chi connectivity index (χ0n) is 20.2. The highest BCUT2D eigenvalue weighted by atomic mass is 19.1. The van der Waals surface area contributed by atoms with Crippen molar-refractivity contribution in [3.63, 3.8) is 0 Å². The molecule has 0 unspecified atom stereocenters. The van der Waals surface area contributed by atoms with Crippen molar-refractivity contribution < 1.29 is 9.18 Å². The van der Waals surface area contributed by atoms with Crippen LogP contribution in [0.15, 0.2) is 64.8 Å². The lowest BCUT2D eigenvalue weighted by atomic mass is 10.1. The van der Waals surface area contributed by atoms with Crippen LogP contribution in [0.2, 0.25) is 0 Å². The number of aliphatic imine (C=N–C) groups is 1. The van der Waals surface area contributed by atoms with Gasteiger partial charge in [0.25, 0.3) is 0 Å². The minimum atomic E-state index is -0.270. The molecule has 7 heteroatoms. The van der Waals surface area contributed by atoms with Gasteiger partial charge >= 0.3 is 0 Å². The van der Waals surface area contributed by atoms with E-state index in [2.05, 4.69) is 17.0 Å². The second-order valence-corrected chi connectivity index (χ2v) is 8.91. The molecular formula is C27H30FN5O. The van der Waals surface area contributed by atoms with Gasteiger partial charge in [-0.1, -0.05) is 30.3 Å². The Bertz CT molecular complexity index is 1260. The van der Waals surface area contributed by atoms with E-state index in [1.165, 1.54) is 11.6 Å². The van der Waals surface area contributed by atoms with Gasteiger partial charge in [-0.05, 0) is 63.5 Å². The van der Waals surface area contributed by atoms with E-state index in [1.807, 2.05) is 49.1 Å². The van der Waals surface area contributed by atoms with Crippen LogP contribution in [-0.2, 0) is 11.3 Å². The molecular weight excluding hydrogens is 429 g/mol. The van der Waals surface area contributed by atoms with Crippen LogP contribution in [0, 0.1) is 12.7 Å². The first-order valence-electron chi connectivity index (χ1n) is 11.6. The van der Waals surface area contributed by atoms with Crippen molar-refractivity contribution in [2.45, 2.75) is 47.1 Å². The van der Waals surface area contributed by atoms with Gasteiger partial charge < -0.3 is 4.90 Å². The molecule has 0 saturated heterocycles. The molecule has 4 rings (SSSR count). The van der Waals surface area contributed by atoms with Crippen LogP contribution in [0.4, 0.5) is 4.39 Å². The summed E-state index contributed by atoms with van der Waals surface area (Å²) in [6.45, 7) is 9.16. The Morgan fingerprint density at radius 2 is 1.76 bits per heavy atom. The summed E-state index contributed by atoms with van der Waals surface area (Å²) in [5.41, 5.74) is 5.45. The number of aromatic nitrogens is 3. The third-order valence-electron chi connectivity index (χ3n) is 5.98. The summed E-state index contributed by atoms with van der Waals surface area (Å²) in [4.78, 5) is 24.6. The average Bonchev–Trinajstić information content (AvgIpc) is 3.14. The number of carbonyl (C=O) groups is 1. The number of carbonyl (C=O) groups excluding carboxylic acids is 1. The standard InChI is InChI=1S/C27H30FN5O/c1-18(2)29-24-13-15-32(14-12-19(24)3)25(34)17-33-27(21-8-6-5-7-9-21)30-26(31-33)22-10-11-23(28)20(4)16-22/h5-11,16H,12-15,17H2,1-4H3. The topological polar surface area (TPSA) is 63.4 Å². The van der Waals surface area contributed by atoms with E-state index in [4.69, 9.17) is 4.98 Å². The molecule has 0 aliphatic carbocycles. The molecule has 0 N–H and O–H groups in total. The predicted octanol–water partition coefficient (Wildman–Crippen LogP) is 5.44. The molecule has 0 atom stereocenters. The highest BCUT2D eigenvalue weighted by Gasteiger charge is 2.22. The molecule has 0 fully saturated rings. The number of nitrogens with zero attached hydrogens (tertiary/aromatic N) is 5. The van der Waals surface area contributed by atoms with Crippen molar-refractivity contribution in [1.82, 2.24) is 19.7 Å². The van der Waals surface area contributed by atoms with E-state index in [9.17, 15) is 9.18 Å². The van der Waals surface area contributed by atoms with Crippen molar-refractivity contribution in [2.75, 3.05) is 13.1 Å². The maximum atomic E-state index is 13.8. The molecule has 1 aliphatic heterocycles. The highest BCUT2D eigenvalue weighted by Crippen LogP contribution is 2.25. The summed E-state index contributed by atoms with van der Waals surface area (Å²) in [5.74, 6) is 0.809. The molecule has 1 amide bonds. The van der Waals surface area contributed by atoms with Gasteiger partial charge in [0.1, 0.15) is 12.4 Å². The predicted molar refractivity (Wildman–Crippen MR) is 133 cm³/mol. The fourth-order valence-electron chi connectivity index (χ4n) is 4.07. The molecule has 0 saturated carbocycles. The molecule has 176 valence electrons. The van der Waals surface area contributed by atoms with E-state index >= 15 is 0 Å². The van der Waals surface area contributed by atoms with Gasteiger partial charge in [-0.3, -0.25) is 9.79 Å². The Balaban J connectivity index is 1.61. The summed E-state index contributed by atoms with van der Waals surface area (Å²) in [7, 11) is 0. The van der Waals surface area contributed by atoms with E-state index in [1.54, 1.807) is 23.7 Å². The van der Waals surface area contributed by atoms with E-state index in [-0.39, 0.29) is 18.3 Å². The van der Waals surface area contributed by atoms with Crippen LogP contribution in [0.5, 0.6) is 0 Å². The molecule has 3 aromatic rings. The minimum absolute atomic E-state index is 0.00447. The molecule has 2 aromatic carbocycles. The lowest BCUT2D eigenvalue weighted by molar-refractivity contribution is -0.131. The summed E-state index contributed by atoms with van der Waals surface area (Å²) >= 11 is 0. The van der Waals surface area contributed by atoms with Gasteiger partial charge in [0.05, 0.1) is 0 Å². The van der Waals surface area contributed by atoms with Gasteiger partial charge in [0, 0.05) is 42.0 Å². The normalized spacial score (nSPS) is 14.2. The van der Waals surface area contributed by atoms with Gasteiger partial charge in [0.2, 0.25) is 5.91 Å². The Hall–Kier alpha value is -3.61. The number of benzene rings is 2. The number of hydrogen-bond donors (Lipinski definition) is 0. The fourth-order valence-corrected chi connectivity index (χ4v) is 4.07. The first-order valence-corrected chi connectivity index (χ1v) is 11.6. The number of amides is 1. The van der Waals surface area contributed by atoms with Crippen LogP contribution >= 0.6 is 0 Å². The van der Waals surface area contributed by atoms with E-state index in [0.29, 0.717) is 35.9 Å². The second kappa shape index (κ2) is 10.1. The van der Waals surface area contributed by atoms with Crippen molar-refractivity contribution in [1.29, 1.82) is 0 Å². The number of rotatable bonds is 5. The molecule has 0 radical (unpaired) electrons. The highest BCUT2D eigenvalue weighted by molar-refractivity contribution is 5.80. The molecule has 0 bridgehead atoms. The summed E-state index contributed by atoms with van der Waals surface area (Å²) in [6.07, 6.45) is 1.55. The third-order valence-corrected chi connectivity index (χ3v) is 5.98. The quantitative estimate of drug-likeness (QED) is 0.478. The summed E-state index contributed by atoms with van der Waals surface area (Å²) in [5, 5.41) is 4.66. The molecule has 1 aromatic heterocycles. The molecule has 1 aliphatic rings. The zero-order valence-corrected chi connectivity index (χ0v) is 20.2. The first kappa shape index (κ1) is 23.5. The summed E-state index contributed by atoms with van der Waals surface area (Å²) < 4.78 is 15.5. The summed E-state index contributed by atoms with van der Waals surface area (Å²) in [6, 6.07) is 14.5.